The van der Waals surface area contributed by atoms with Crippen LogP contribution in [-0.2, 0) is 16.0 Å². The van der Waals surface area contributed by atoms with Crippen LogP contribution in [0.5, 0.6) is 0 Å². The summed E-state index contributed by atoms with van der Waals surface area (Å²) in [5.41, 5.74) is 3.86. The molecule has 1 aliphatic heterocycles. The first-order chi connectivity index (χ1) is 16.4. The number of carbonyl (C=O) groups is 2. The molecule has 34 heavy (non-hydrogen) atoms. The van der Waals surface area contributed by atoms with E-state index in [4.69, 9.17) is 0 Å². The number of nitrogens with zero attached hydrogens (tertiary/aromatic N) is 2. The molecule has 7 heteroatoms. The van der Waals surface area contributed by atoms with E-state index in [2.05, 4.69) is 5.32 Å². The van der Waals surface area contributed by atoms with Crippen LogP contribution in [-0.4, -0.2) is 17.1 Å². The maximum absolute atomic E-state index is 13.5. The first kappa shape index (κ1) is 23.3. The van der Waals surface area contributed by atoms with Crippen molar-refractivity contribution in [3.63, 3.8) is 0 Å². The minimum atomic E-state index is -0.582. The van der Waals surface area contributed by atoms with E-state index in [1.165, 1.54) is 28.8 Å². The maximum atomic E-state index is 13.5. The third kappa shape index (κ3) is 5.03. The summed E-state index contributed by atoms with van der Waals surface area (Å²) in [4.78, 5) is 28.0. The lowest BCUT2D eigenvalue weighted by Crippen LogP contribution is -2.30. The van der Waals surface area contributed by atoms with E-state index >= 15 is 0 Å². The van der Waals surface area contributed by atoms with Gasteiger partial charge in [0.15, 0.2) is 0 Å². The molecule has 3 aromatic carbocycles. The lowest BCUT2D eigenvalue weighted by Gasteiger charge is -2.19. The highest BCUT2D eigenvalue weighted by Gasteiger charge is 2.40. The molecule has 1 atom stereocenters. The molecule has 1 N–H and O–H groups in total. The van der Waals surface area contributed by atoms with Gasteiger partial charge in [-0.25, -0.2) is 4.39 Å². The summed E-state index contributed by atoms with van der Waals surface area (Å²) in [6.07, 6.45) is 0.341. The Labute approximate surface area is 201 Å². The molecule has 2 amide bonds. The second-order valence-electron chi connectivity index (χ2n) is 8.06. The molecular formula is C27H22FN3O2S. The van der Waals surface area contributed by atoms with E-state index in [1.54, 1.807) is 36.4 Å². The molecule has 0 radical (unpaired) electrons. The zero-order valence-corrected chi connectivity index (χ0v) is 19.5. The zero-order chi connectivity index (χ0) is 24.2. The first-order valence-corrected chi connectivity index (χ1v) is 11.6. The van der Waals surface area contributed by atoms with Crippen LogP contribution in [0.2, 0.25) is 0 Å². The molecule has 0 aromatic heterocycles. The molecule has 0 spiro atoms. The van der Waals surface area contributed by atoms with Gasteiger partial charge in [-0.15, -0.1) is 0 Å². The van der Waals surface area contributed by atoms with Gasteiger partial charge in [0.05, 0.1) is 5.25 Å². The van der Waals surface area contributed by atoms with Crippen molar-refractivity contribution in [2.45, 2.75) is 25.5 Å². The number of nitriles is 1. The summed E-state index contributed by atoms with van der Waals surface area (Å²) >= 11 is 1.18. The Kier molecular flexibility index (Phi) is 6.80. The summed E-state index contributed by atoms with van der Waals surface area (Å²) in [5, 5.41) is 12.4. The van der Waals surface area contributed by atoms with Crippen molar-refractivity contribution in [3.8, 4) is 6.07 Å². The van der Waals surface area contributed by atoms with E-state index in [0.29, 0.717) is 17.8 Å². The van der Waals surface area contributed by atoms with Crippen LogP contribution in [0.15, 0.2) is 83.4 Å². The fourth-order valence-corrected chi connectivity index (χ4v) is 4.89. The number of anilines is 2. The Morgan fingerprint density at radius 3 is 2.18 bits per heavy atom. The Balaban J connectivity index is 1.71. The molecular weight excluding hydrogens is 449 g/mol. The smallest absolute Gasteiger partial charge is 0.269 e. The summed E-state index contributed by atoms with van der Waals surface area (Å²) in [6, 6.07) is 22.5. The van der Waals surface area contributed by atoms with Gasteiger partial charge in [-0.2, -0.15) is 5.26 Å². The molecule has 0 unspecified atom stereocenters. The summed E-state index contributed by atoms with van der Waals surface area (Å²) in [6.45, 7) is 3.88. The fraction of sp³-hybridized carbons (Fsp3) is 0.148. The van der Waals surface area contributed by atoms with Crippen molar-refractivity contribution in [1.29, 1.82) is 5.26 Å². The highest BCUT2D eigenvalue weighted by molar-refractivity contribution is 8.05. The Morgan fingerprint density at radius 1 is 1.00 bits per heavy atom. The third-order valence-electron chi connectivity index (χ3n) is 5.44. The Bertz CT molecular complexity index is 1290. The second kappa shape index (κ2) is 9.94. The van der Waals surface area contributed by atoms with Crippen molar-refractivity contribution < 1.29 is 14.0 Å². The second-order valence-corrected chi connectivity index (χ2v) is 9.25. The molecule has 0 saturated carbocycles. The minimum absolute atomic E-state index is 0.138. The summed E-state index contributed by atoms with van der Waals surface area (Å²) in [5.74, 6) is -1.17. The van der Waals surface area contributed by atoms with Crippen molar-refractivity contribution in [2.75, 3.05) is 10.2 Å². The van der Waals surface area contributed by atoms with Crippen LogP contribution in [0, 0.1) is 31.0 Å². The zero-order valence-electron chi connectivity index (χ0n) is 18.7. The van der Waals surface area contributed by atoms with Gasteiger partial charge in [0.25, 0.3) is 5.91 Å². The van der Waals surface area contributed by atoms with Crippen LogP contribution in [0.1, 0.15) is 16.7 Å². The molecule has 1 fully saturated rings. The first-order valence-electron chi connectivity index (χ1n) is 10.7. The number of amides is 2. The Morgan fingerprint density at radius 2 is 1.59 bits per heavy atom. The summed E-state index contributed by atoms with van der Waals surface area (Å²) < 4.78 is 13.3. The molecule has 1 saturated heterocycles. The standard InChI is InChI=1S/C27H22FN3O2S/c1-17-3-11-21(12-4-17)30-25(32)23(16-29)27-31(22-13-5-18(2)6-14-22)26(33)24(34-27)15-19-7-9-20(28)10-8-19/h3-14,24H,15H2,1-2H3,(H,30,32)/b27-23-/t24-/m0/s1. The predicted molar refractivity (Wildman–Crippen MR) is 133 cm³/mol. The average molecular weight is 472 g/mol. The van der Waals surface area contributed by atoms with Crippen molar-refractivity contribution in [3.05, 3.63) is 106 Å². The van der Waals surface area contributed by atoms with Crippen molar-refractivity contribution in [1.82, 2.24) is 0 Å². The van der Waals surface area contributed by atoms with Crippen LogP contribution < -0.4 is 10.2 Å². The lowest BCUT2D eigenvalue weighted by molar-refractivity contribution is -0.117. The number of hydrogen-bond donors (Lipinski definition) is 1. The van der Waals surface area contributed by atoms with Gasteiger partial charge in [-0.1, -0.05) is 59.3 Å². The topological polar surface area (TPSA) is 73.2 Å². The molecule has 0 bridgehead atoms. The highest BCUT2D eigenvalue weighted by atomic mass is 32.2. The number of hydrogen-bond acceptors (Lipinski definition) is 4. The number of halogens is 1. The van der Waals surface area contributed by atoms with Crippen LogP contribution in [0.3, 0.4) is 0 Å². The summed E-state index contributed by atoms with van der Waals surface area (Å²) in [7, 11) is 0. The molecule has 1 aliphatic rings. The number of thioether (sulfide) groups is 1. The number of nitrogens with one attached hydrogen (secondary N) is 1. The van der Waals surface area contributed by atoms with Gasteiger partial charge in [-0.05, 0) is 62.2 Å². The SMILES string of the molecule is Cc1ccc(NC(=O)/C(C#N)=C2\S[C@@H](Cc3ccc(F)cc3)C(=O)N2c2ccc(C)cc2)cc1. The van der Waals surface area contributed by atoms with Crippen LogP contribution in [0.4, 0.5) is 15.8 Å². The Hall–Kier alpha value is -3.89. The quantitative estimate of drug-likeness (QED) is 0.394. The van der Waals surface area contributed by atoms with Gasteiger partial charge in [0.2, 0.25) is 5.91 Å². The van der Waals surface area contributed by atoms with Gasteiger partial charge < -0.3 is 5.32 Å². The van der Waals surface area contributed by atoms with Crippen molar-refractivity contribution >= 4 is 35.0 Å². The largest absolute Gasteiger partial charge is 0.321 e. The third-order valence-corrected chi connectivity index (χ3v) is 6.70. The lowest BCUT2D eigenvalue weighted by atomic mass is 10.1. The predicted octanol–water partition coefficient (Wildman–Crippen LogP) is 5.51. The normalized spacial score (nSPS) is 16.8. The highest BCUT2D eigenvalue weighted by Crippen LogP contribution is 2.42. The monoisotopic (exact) mass is 471 g/mol. The van der Waals surface area contributed by atoms with E-state index in [9.17, 15) is 19.2 Å². The number of carbonyl (C=O) groups excluding carboxylic acids is 2. The number of rotatable bonds is 5. The average Bonchev–Trinajstić information content (AvgIpc) is 3.13. The maximum Gasteiger partial charge on any atom is 0.269 e. The van der Waals surface area contributed by atoms with Crippen molar-refractivity contribution in [2.24, 2.45) is 0 Å². The van der Waals surface area contributed by atoms with Gasteiger partial charge in [-0.3, -0.25) is 14.5 Å². The molecule has 1 heterocycles. The van der Waals surface area contributed by atoms with E-state index in [0.717, 1.165) is 16.7 Å². The molecule has 4 rings (SSSR count). The number of benzene rings is 3. The van der Waals surface area contributed by atoms with Crippen LogP contribution in [0.25, 0.3) is 0 Å². The van der Waals surface area contributed by atoms with Crippen LogP contribution >= 0.6 is 11.8 Å². The van der Waals surface area contributed by atoms with Gasteiger partial charge in [0.1, 0.15) is 22.5 Å². The van der Waals surface area contributed by atoms with Gasteiger partial charge >= 0.3 is 0 Å². The molecule has 3 aromatic rings. The molecule has 170 valence electrons. The molecule has 5 nitrogen and oxygen atoms in total. The number of aryl methyl sites for hydroxylation is 2. The molecule has 0 aliphatic carbocycles. The van der Waals surface area contributed by atoms with Gasteiger partial charge in [0, 0.05) is 11.4 Å². The fourth-order valence-electron chi connectivity index (χ4n) is 3.58. The minimum Gasteiger partial charge on any atom is -0.321 e. The van der Waals surface area contributed by atoms with E-state index in [-0.39, 0.29) is 22.3 Å². The van der Waals surface area contributed by atoms with E-state index < -0.39 is 11.2 Å². The van der Waals surface area contributed by atoms with E-state index in [1.807, 2.05) is 44.2 Å².